The van der Waals surface area contributed by atoms with Crippen molar-refractivity contribution in [3.05, 3.63) is 54.2 Å². The monoisotopic (exact) mass is 593 g/mol. The maximum Gasteiger partial charge on any atom is 0.232 e. The van der Waals surface area contributed by atoms with Crippen molar-refractivity contribution in [2.24, 2.45) is 0 Å². The number of aromatic nitrogens is 2. The molecule has 0 saturated carbocycles. The summed E-state index contributed by atoms with van der Waals surface area (Å²) >= 11 is 0. The van der Waals surface area contributed by atoms with Crippen LogP contribution in [-0.4, -0.2) is 82.5 Å². The van der Waals surface area contributed by atoms with Crippen LogP contribution in [0.1, 0.15) is 25.0 Å². The van der Waals surface area contributed by atoms with Crippen molar-refractivity contribution in [1.82, 2.24) is 14.9 Å². The summed E-state index contributed by atoms with van der Waals surface area (Å²) in [6.07, 6.45) is 5.40. The van der Waals surface area contributed by atoms with Crippen molar-refractivity contribution in [3.63, 3.8) is 0 Å². The predicted octanol–water partition coefficient (Wildman–Crippen LogP) is 4.48. The van der Waals surface area contributed by atoms with Crippen molar-refractivity contribution in [2.45, 2.75) is 20.3 Å². The molecule has 1 aromatic heterocycles. The molecule has 12 heteroatoms. The van der Waals surface area contributed by atoms with Crippen LogP contribution in [0.4, 0.5) is 34.5 Å². The highest BCUT2D eigenvalue weighted by atomic mass is 32.2. The van der Waals surface area contributed by atoms with Gasteiger partial charge in [-0.2, -0.15) is 4.98 Å². The number of hydrogen-bond acceptors (Lipinski definition) is 10. The highest BCUT2D eigenvalue weighted by molar-refractivity contribution is 7.92. The van der Waals surface area contributed by atoms with E-state index in [1.807, 2.05) is 0 Å². The molecule has 2 aromatic carbocycles. The zero-order valence-electron chi connectivity index (χ0n) is 24.7. The molecular formula is C30H39N7O4S. The van der Waals surface area contributed by atoms with Gasteiger partial charge in [-0.3, -0.25) is 4.31 Å². The van der Waals surface area contributed by atoms with Gasteiger partial charge >= 0.3 is 0 Å². The first-order valence-electron chi connectivity index (χ1n) is 14.2. The third kappa shape index (κ3) is 6.24. The van der Waals surface area contributed by atoms with Crippen LogP contribution in [0.3, 0.4) is 0 Å². The summed E-state index contributed by atoms with van der Waals surface area (Å²) in [5, 5.41) is 6.66. The highest BCUT2D eigenvalue weighted by Crippen LogP contribution is 2.46. The van der Waals surface area contributed by atoms with E-state index in [0.29, 0.717) is 53.4 Å². The Morgan fingerprint density at radius 2 is 1.83 bits per heavy atom. The molecule has 11 nitrogen and oxygen atoms in total. The predicted molar refractivity (Wildman–Crippen MR) is 170 cm³/mol. The third-order valence-corrected chi connectivity index (χ3v) is 8.71. The minimum absolute atomic E-state index is 0.210. The molecule has 1 saturated heterocycles. The molecule has 0 aliphatic carbocycles. The lowest BCUT2D eigenvalue weighted by Gasteiger charge is -2.35. The average molecular weight is 594 g/mol. The summed E-state index contributed by atoms with van der Waals surface area (Å²) < 4.78 is 38.5. The summed E-state index contributed by atoms with van der Waals surface area (Å²) in [6, 6.07) is 9.89. The zero-order chi connectivity index (χ0) is 29.9. The first kappa shape index (κ1) is 29.5. The highest BCUT2D eigenvalue weighted by Gasteiger charge is 2.28. The molecule has 2 aliphatic heterocycles. The number of nitrogens with zero attached hydrogens (tertiary/aromatic N) is 5. The SMILES string of the molecule is C=Cc1cnc(Nc2ccc(N3CCN(C)CC3)c(CC)c2)nc1Nc1ccc2c(c1N(CC)S(C)(=O)=O)OCCO2. The Morgan fingerprint density at radius 1 is 1.07 bits per heavy atom. The minimum Gasteiger partial charge on any atom is -0.486 e. The van der Waals surface area contributed by atoms with Gasteiger partial charge in [0.1, 0.15) is 24.7 Å². The second-order valence-corrected chi connectivity index (χ2v) is 12.3. The number of hydrogen-bond donors (Lipinski definition) is 2. The van der Waals surface area contributed by atoms with Crippen LogP contribution in [0.2, 0.25) is 0 Å². The number of anilines is 6. The number of fused-ring (bicyclic) bond motifs is 1. The molecule has 0 bridgehead atoms. The summed E-state index contributed by atoms with van der Waals surface area (Å²) in [4.78, 5) is 14.1. The fourth-order valence-electron chi connectivity index (χ4n) is 5.27. The maximum absolute atomic E-state index is 12.8. The van der Waals surface area contributed by atoms with E-state index in [1.165, 1.54) is 21.8 Å². The summed E-state index contributed by atoms with van der Waals surface area (Å²) in [6.45, 7) is 12.9. The zero-order valence-corrected chi connectivity index (χ0v) is 25.5. The fraction of sp³-hybridized carbons (Fsp3) is 0.400. The van der Waals surface area contributed by atoms with Crippen LogP contribution in [0.15, 0.2) is 43.1 Å². The van der Waals surface area contributed by atoms with Gasteiger partial charge in [0.2, 0.25) is 16.0 Å². The van der Waals surface area contributed by atoms with Crippen LogP contribution in [-0.2, 0) is 16.4 Å². The van der Waals surface area contributed by atoms with Crippen molar-refractivity contribution >= 4 is 50.6 Å². The van der Waals surface area contributed by atoms with Gasteiger partial charge in [0.05, 0.1) is 11.9 Å². The molecule has 3 aromatic rings. The topological polar surface area (TPSA) is 112 Å². The number of benzene rings is 2. The molecule has 0 spiro atoms. The molecule has 5 rings (SSSR count). The van der Waals surface area contributed by atoms with Crippen LogP contribution in [0.5, 0.6) is 11.5 Å². The van der Waals surface area contributed by atoms with E-state index in [0.717, 1.165) is 38.3 Å². The van der Waals surface area contributed by atoms with Gasteiger partial charge in [-0.05, 0) is 56.3 Å². The molecule has 0 amide bonds. The fourth-order valence-corrected chi connectivity index (χ4v) is 6.25. The van der Waals surface area contributed by atoms with Crippen molar-refractivity contribution in [1.29, 1.82) is 0 Å². The van der Waals surface area contributed by atoms with Crippen LogP contribution in [0.25, 0.3) is 6.08 Å². The van der Waals surface area contributed by atoms with E-state index in [4.69, 9.17) is 14.5 Å². The number of ether oxygens (including phenoxy) is 2. The van der Waals surface area contributed by atoms with Gasteiger partial charge in [-0.1, -0.05) is 19.6 Å². The number of likely N-dealkylation sites (N-methyl/N-ethyl adjacent to an activating group) is 1. The molecule has 2 N–H and O–H groups in total. The molecule has 2 aliphatic rings. The van der Waals surface area contributed by atoms with Crippen molar-refractivity contribution in [2.75, 3.05) is 79.1 Å². The van der Waals surface area contributed by atoms with E-state index in [-0.39, 0.29) is 6.54 Å². The van der Waals surface area contributed by atoms with E-state index < -0.39 is 10.0 Å². The molecule has 3 heterocycles. The second kappa shape index (κ2) is 12.5. The number of rotatable bonds is 10. The normalized spacial score (nSPS) is 15.3. The number of piperazine rings is 1. The van der Waals surface area contributed by atoms with Gasteiger partial charge in [0.15, 0.2) is 11.5 Å². The molecule has 1 fully saturated rings. The lowest BCUT2D eigenvalue weighted by atomic mass is 10.1. The first-order valence-corrected chi connectivity index (χ1v) is 16.1. The van der Waals surface area contributed by atoms with Crippen molar-refractivity contribution in [3.8, 4) is 11.5 Å². The van der Waals surface area contributed by atoms with Crippen LogP contribution >= 0.6 is 0 Å². The molecule has 0 atom stereocenters. The van der Waals surface area contributed by atoms with Gasteiger partial charge in [0.25, 0.3) is 0 Å². The number of nitrogens with one attached hydrogen (secondary N) is 2. The lowest BCUT2D eigenvalue weighted by Crippen LogP contribution is -2.44. The molecule has 0 radical (unpaired) electrons. The van der Waals surface area contributed by atoms with E-state index in [1.54, 1.807) is 31.3 Å². The Kier molecular flexibility index (Phi) is 8.74. The lowest BCUT2D eigenvalue weighted by molar-refractivity contribution is 0.172. The van der Waals surface area contributed by atoms with Crippen LogP contribution < -0.4 is 29.3 Å². The summed E-state index contributed by atoms with van der Waals surface area (Å²) in [7, 11) is -1.46. The van der Waals surface area contributed by atoms with E-state index >= 15 is 0 Å². The second-order valence-electron chi connectivity index (χ2n) is 10.4. The third-order valence-electron chi connectivity index (χ3n) is 7.47. The molecular weight excluding hydrogens is 554 g/mol. The number of sulfonamides is 1. The Morgan fingerprint density at radius 3 is 2.52 bits per heavy atom. The Hall–Kier alpha value is -4.03. The van der Waals surface area contributed by atoms with Crippen LogP contribution in [0, 0.1) is 0 Å². The first-order chi connectivity index (χ1) is 20.2. The van der Waals surface area contributed by atoms with Gasteiger partial charge in [0, 0.05) is 55.9 Å². The molecule has 42 heavy (non-hydrogen) atoms. The number of aryl methyl sites for hydroxylation is 1. The molecule has 0 unspecified atom stereocenters. The maximum atomic E-state index is 12.8. The Labute approximate surface area is 248 Å². The van der Waals surface area contributed by atoms with Gasteiger partial charge in [-0.15, -0.1) is 0 Å². The summed E-state index contributed by atoms with van der Waals surface area (Å²) in [5.74, 6) is 1.73. The summed E-state index contributed by atoms with van der Waals surface area (Å²) in [5.41, 5.74) is 4.93. The van der Waals surface area contributed by atoms with Gasteiger partial charge in [-0.25, -0.2) is 13.4 Å². The van der Waals surface area contributed by atoms with E-state index in [9.17, 15) is 8.42 Å². The Balaban J connectivity index is 1.46. The molecule has 224 valence electrons. The largest absolute Gasteiger partial charge is 0.486 e. The van der Waals surface area contributed by atoms with Crippen molar-refractivity contribution < 1.29 is 17.9 Å². The minimum atomic E-state index is -3.62. The Bertz CT molecular complexity index is 1560. The quantitative estimate of drug-likeness (QED) is 0.349. The standard InChI is InChI=1S/C30H39N7O4S/c1-6-21-19-23(9-11-25(21)36-15-13-35(4)14-16-36)32-30-31-20-22(7-2)29(34-30)33-24-10-12-26-28(41-18-17-40-26)27(24)37(8-3)42(5,38)39/h7,9-12,19-20H,2,6,8,13-18H2,1,3-5H3,(H2,31,32,33,34). The smallest absolute Gasteiger partial charge is 0.232 e. The van der Waals surface area contributed by atoms with E-state index in [2.05, 4.69) is 64.2 Å². The van der Waals surface area contributed by atoms with Gasteiger partial charge < -0.3 is 29.9 Å². The average Bonchev–Trinajstić information content (AvgIpc) is 2.98.